The van der Waals surface area contributed by atoms with E-state index in [2.05, 4.69) is 5.32 Å². The van der Waals surface area contributed by atoms with Crippen LogP contribution in [0.1, 0.15) is 46.5 Å². The van der Waals surface area contributed by atoms with Crippen LogP contribution in [-0.2, 0) is 40.8 Å². The van der Waals surface area contributed by atoms with Crippen LogP contribution >= 0.6 is 0 Å². The molecule has 0 spiro atoms. The van der Waals surface area contributed by atoms with Crippen LogP contribution in [0.2, 0.25) is 0 Å². The largest absolute Gasteiger partial charge is 0.375 e. The summed E-state index contributed by atoms with van der Waals surface area (Å²) in [6, 6.07) is 22.9. The molecule has 35 heavy (non-hydrogen) atoms. The van der Waals surface area contributed by atoms with Gasteiger partial charge in [-0.1, -0.05) is 74.5 Å². The highest BCUT2D eigenvalue weighted by Crippen LogP contribution is 2.30. The molecule has 6 nitrogen and oxygen atoms in total. The molecule has 0 unspecified atom stereocenters. The van der Waals surface area contributed by atoms with Crippen molar-refractivity contribution in [2.45, 2.75) is 39.8 Å². The van der Waals surface area contributed by atoms with Crippen molar-refractivity contribution < 1.29 is 17.9 Å². The number of amides is 1. The van der Waals surface area contributed by atoms with Gasteiger partial charge in [-0.05, 0) is 47.2 Å². The summed E-state index contributed by atoms with van der Waals surface area (Å²) >= 11 is 0. The van der Waals surface area contributed by atoms with Crippen LogP contribution in [0.4, 0.5) is 5.69 Å². The number of hydrogen-bond acceptors (Lipinski definition) is 4. The third kappa shape index (κ3) is 7.41. The van der Waals surface area contributed by atoms with Crippen molar-refractivity contribution in [1.29, 1.82) is 0 Å². The van der Waals surface area contributed by atoms with Crippen molar-refractivity contribution in [2.24, 2.45) is 0 Å². The van der Waals surface area contributed by atoms with Gasteiger partial charge in [0.1, 0.15) is 0 Å². The maximum absolute atomic E-state index is 12.8. The van der Waals surface area contributed by atoms with Gasteiger partial charge in [-0.15, -0.1) is 0 Å². The van der Waals surface area contributed by atoms with E-state index in [1.807, 2.05) is 62.4 Å². The molecule has 0 aliphatic heterocycles. The maximum Gasteiger partial charge on any atom is 0.251 e. The van der Waals surface area contributed by atoms with Crippen molar-refractivity contribution in [3.8, 4) is 0 Å². The molecule has 0 aliphatic carbocycles. The summed E-state index contributed by atoms with van der Waals surface area (Å²) in [5.41, 5.74) is 5.18. The third-order valence-electron chi connectivity index (χ3n) is 5.80. The van der Waals surface area contributed by atoms with E-state index in [-0.39, 0.29) is 12.5 Å². The molecule has 0 atom stereocenters. The van der Waals surface area contributed by atoms with E-state index in [1.54, 1.807) is 24.3 Å². The van der Waals surface area contributed by atoms with Gasteiger partial charge in [0.15, 0.2) is 0 Å². The standard InChI is InChI=1S/C28H34N2O4S/c1-4-24-12-9-13-25(5-2)27(24)30(35(3,32)33)20-22-14-16-26(17-15-22)28(31)29-18-19-34-21-23-10-7-6-8-11-23/h6-17H,4-5,18-21H2,1-3H3,(H,29,31). The number of nitrogens with zero attached hydrogens (tertiary/aromatic N) is 1. The molecule has 0 radical (unpaired) electrons. The Morgan fingerprint density at radius 3 is 2.06 bits per heavy atom. The third-order valence-corrected chi connectivity index (χ3v) is 6.91. The predicted molar refractivity (Wildman–Crippen MR) is 141 cm³/mol. The number of para-hydroxylation sites is 1. The van der Waals surface area contributed by atoms with Gasteiger partial charge in [0, 0.05) is 12.1 Å². The van der Waals surface area contributed by atoms with Crippen molar-refractivity contribution in [1.82, 2.24) is 5.32 Å². The highest BCUT2D eigenvalue weighted by atomic mass is 32.2. The molecule has 0 saturated carbocycles. The van der Waals surface area contributed by atoms with E-state index in [1.165, 1.54) is 10.6 Å². The second kappa shape index (κ2) is 12.5. The minimum Gasteiger partial charge on any atom is -0.375 e. The van der Waals surface area contributed by atoms with Crippen molar-refractivity contribution in [3.05, 3.63) is 101 Å². The maximum atomic E-state index is 12.8. The molecule has 186 valence electrons. The SMILES string of the molecule is CCc1cccc(CC)c1N(Cc1ccc(C(=O)NCCOCc2ccccc2)cc1)S(C)(=O)=O. The van der Waals surface area contributed by atoms with E-state index in [0.29, 0.717) is 25.3 Å². The summed E-state index contributed by atoms with van der Waals surface area (Å²) in [4.78, 5) is 12.5. The first-order valence-corrected chi connectivity index (χ1v) is 13.8. The Morgan fingerprint density at radius 2 is 1.49 bits per heavy atom. The monoisotopic (exact) mass is 494 g/mol. The number of aryl methyl sites for hydroxylation is 2. The zero-order valence-electron chi connectivity index (χ0n) is 20.7. The first-order valence-electron chi connectivity index (χ1n) is 11.9. The highest BCUT2D eigenvalue weighted by Gasteiger charge is 2.23. The second-order valence-corrected chi connectivity index (χ2v) is 10.3. The lowest BCUT2D eigenvalue weighted by Crippen LogP contribution is -2.31. The van der Waals surface area contributed by atoms with Crippen LogP contribution in [0, 0.1) is 0 Å². The molecule has 0 heterocycles. The lowest BCUT2D eigenvalue weighted by Gasteiger charge is -2.27. The molecule has 0 aliphatic rings. The number of ether oxygens (including phenoxy) is 1. The van der Waals surface area contributed by atoms with Gasteiger partial charge < -0.3 is 10.1 Å². The number of rotatable bonds is 12. The van der Waals surface area contributed by atoms with Crippen LogP contribution in [0.3, 0.4) is 0 Å². The molecule has 0 aromatic heterocycles. The lowest BCUT2D eigenvalue weighted by molar-refractivity contribution is 0.0901. The molecule has 1 amide bonds. The molecule has 0 fully saturated rings. The zero-order chi connectivity index (χ0) is 25.3. The fourth-order valence-corrected chi connectivity index (χ4v) is 4.88. The Bertz CT molecular complexity index is 1190. The highest BCUT2D eigenvalue weighted by molar-refractivity contribution is 7.92. The van der Waals surface area contributed by atoms with Gasteiger partial charge >= 0.3 is 0 Å². The minimum atomic E-state index is -3.51. The Kier molecular flexibility index (Phi) is 9.46. The van der Waals surface area contributed by atoms with Gasteiger partial charge in [0.05, 0.1) is 31.7 Å². The average Bonchev–Trinajstić information content (AvgIpc) is 2.86. The van der Waals surface area contributed by atoms with Gasteiger partial charge in [-0.3, -0.25) is 9.10 Å². The molecule has 0 bridgehead atoms. The number of carbonyl (C=O) groups is 1. The summed E-state index contributed by atoms with van der Waals surface area (Å²) in [7, 11) is -3.51. The summed E-state index contributed by atoms with van der Waals surface area (Å²) in [5, 5.41) is 2.86. The number of nitrogens with one attached hydrogen (secondary N) is 1. The van der Waals surface area contributed by atoms with E-state index in [9.17, 15) is 13.2 Å². The van der Waals surface area contributed by atoms with Gasteiger partial charge in [0.25, 0.3) is 5.91 Å². The fourth-order valence-electron chi connectivity index (χ4n) is 3.93. The van der Waals surface area contributed by atoms with Crippen LogP contribution in [0.5, 0.6) is 0 Å². The van der Waals surface area contributed by atoms with Crippen LogP contribution in [0.15, 0.2) is 72.8 Å². The fraction of sp³-hybridized carbons (Fsp3) is 0.321. The number of hydrogen-bond donors (Lipinski definition) is 1. The number of benzene rings is 3. The Labute approximate surface area is 209 Å². The summed E-state index contributed by atoms with van der Waals surface area (Å²) in [5.74, 6) is -0.190. The molecule has 3 rings (SSSR count). The molecular weight excluding hydrogens is 460 g/mol. The van der Waals surface area contributed by atoms with Crippen LogP contribution in [0.25, 0.3) is 0 Å². The Morgan fingerprint density at radius 1 is 0.857 bits per heavy atom. The predicted octanol–water partition coefficient (Wildman–Crippen LogP) is 4.72. The summed E-state index contributed by atoms with van der Waals surface area (Å²) < 4.78 is 32.6. The lowest BCUT2D eigenvalue weighted by atomic mass is 10.0. The zero-order valence-corrected chi connectivity index (χ0v) is 21.5. The van der Waals surface area contributed by atoms with Crippen molar-refractivity contribution in [3.63, 3.8) is 0 Å². The summed E-state index contributed by atoms with van der Waals surface area (Å²) in [6.07, 6.45) is 2.72. The number of anilines is 1. The molecule has 7 heteroatoms. The van der Waals surface area contributed by atoms with E-state index >= 15 is 0 Å². The van der Waals surface area contributed by atoms with Crippen molar-refractivity contribution in [2.75, 3.05) is 23.7 Å². The minimum absolute atomic E-state index is 0.190. The Hall–Kier alpha value is -3.16. The number of carbonyl (C=O) groups excluding carboxylic acids is 1. The topological polar surface area (TPSA) is 75.7 Å². The van der Waals surface area contributed by atoms with Crippen molar-refractivity contribution >= 4 is 21.6 Å². The smallest absolute Gasteiger partial charge is 0.251 e. The normalized spacial score (nSPS) is 11.3. The number of sulfonamides is 1. The van der Waals surface area contributed by atoms with Gasteiger partial charge in [-0.25, -0.2) is 8.42 Å². The molecule has 3 aromatic rings. The Balaban J connectivity index is 1.62. The van der Waals surface area contributed by atoms with Crippen LogP contribution < -0.4 is 9.62 Å². The second-order valence-electron chi connectivity index (χ2n) is 8.39. The van der Waals surface area contributed by atoms with Gasteiger partial charge in [0.2, 0.25) is 10.0 Å². The van der Waals surface area contributed by atoms with E-state index in [4.69, 9.17) is 4.74 Å². The van der Waals surface area contributed by atoms with E-state index in [0.717, 1.165) is 40.8 Å². The molecule has 0 saturated heterocycles. The quantitative estimate of drug-likeness (QED) is 0.370. The van der Waals surface area contributed by atoms with Crippen LogP contribution in [-0.4, -0.2) is 33.7 Å². The molecular formula is C28H34N2O4S. The van der Waals surface area contributed by atoms with E-state index < -0.39 is 10.0 Å². The molecule has 3 aromatic carbocycles. The first kappa shape index (κ1) is 26.4. The van der Waals surface area contributed by atoms with Gasteiger partial charge in [-0.2, -0.15) is 0 Å². The first-order chi connectivity index (χ1) is 16.8. The molecule has 1 N–H and O–H groups in total. The summed E-state index contributed by atoms with van der Waals surface area (Å²) in [6.45, 7) is 5.58. The average molecular weight is 495 g/mol.